The average molecular weight is 202 g/mol. The van der Waals surface area contributed by atoms with Gasteiger partial charge in [0, 0.05) is 11.3 Å². The lowest BCUT2D eigenvalue weighted by molar-refractivity contribution is 0.333. The molecule has 0 unspecified atom stereocenters. The Balaban J connectivity index is 2.52. The van der Waals surface area contributed by atoms with Gasteiger partial charge in [-0.3, -0.25) is 0 Å². The van der Waals surface area contributed by atoms with Crippen LogP contribution in [0.25, 0.3) is 5.57 Å². The Kier molecular flexibility index (Phi) is 2.27. The summed E-state index contributed by atoms with van der Waals surface area (Å²) in [5, 5.41) is 0. The fraction of sp³-hybridized carbons (Fsp3) is 0.182. The molecule has 0 bridgehead atoms. The van der Waals surface area contributed by atoms with E-state index in [0.29, 0.717) is 29.5 Å². The highest BCUT2D eigenvalue weighted by Crippen LogP contribution is 2.34. The SMILES string of the molecule is CCOC1=Nc2cc(N)ccc2C1=C=O. The second-order valence-electron chi connectivity index (χ2n) is 3.10. The third kappa shape index (κ3) is 1.51. The molecule has 0 atom stereocenters. The summed E-state index contributed by atoms with van der Waals surface area (Å²) in [7, 11) is 0. The van der Waals surface area contributed by atoms with E-state index in [-0.39, 0.29) is 0 Å². The summed E-state index contributed by atoms with van der Waals surface area (Å²) in [4.78, 5) is 15.0. The quantitative estimate of drug-likeness (QED) is 0.555. The van der Waals surface area contributed by atoms with Crippen LogP contribution in [0.2, 0.25) is 0 Å². The van der Waals surface area contributed by atoms with E-state index in [4.69, 9.17) is 10.5 Å². The van der Waals surface area contributed by atoms with Crippen LogP contribution in [0, 0.1) is 0 Å². The molecule has 0 amide bonds. The fourth-order valence-corrected chi connectivity index (χ4v) is 1.47. The molecule has 0 aromatic heterocycles. The fourth-order valence-electron chi connectivity index (χ4n) is 1.47. The normalized spacial score (nSPS) is 13.1. The van der Waals surface area contributed by atoms with Crippen LogP contribution in [0.15, 0.2) is 23.2 Å². The molecule has 2 N–H and O–H groups in total. The maximum Gasteiger partial charge on any atom is 0.233 e. The molecular weight excluding hydrogens is 192 g/mol. The van der Waals surface area contributed by atoms with Crippen LogP contribution in [0.1, 0.15) is 12.5 Å². The van der Waals surface area contributed by atoms with Gasteiger partial charge >= 0.3 is 0 Å². The van der Waals surface area contributed by atoms with Crippen molar-refractivity contribution in [1.82, 2.24) is 0 Å². The average Bonchev–Trinajstić information content (AvgIpc) is 2.54. The number of hydrogen-bond donors (Lipinski definition) is 1. The van der Waals surface area contributed by atoms with Crippen LogP contribution >= 0.6 is 0 Å². The van der Waals surface area contributed by atoms with Crippen LogP contribution in [-0.4, -0.2) is 18.4 Å². The molecule has 0 saturated heterocycles. The van der Waals surface area contributed by atoms with Gasteiger partial charge in [-0.15, -0.1) is 0 Å². The topological polar surface area (TPSA) is 64.7 Å². The second kappa shape index (κ2) is 3.59. The Morgan fingerprint density at radius 2 is 2.33 bits per heavy atom. The Bertz CT molecular complexity index is 485. The molecular formula is C11H10N2O2. The predicted molar refractivity (Wildman–Crippen MR) is 58.7 cm³/mol. The van der Waals surface area contributed by atoms with E-state index in [9.17, 15) is 4.79 Å². The van der Waals surface area contributed by atoms with Gasteiger partial charge in [0.05, 0.1) is 12.3 Å². The van der Waals surface area contributed by atoms with Gasteiger partial charge in [0.1, 0.15) is 11.5 Å². The Labute approximate surface area is 87.1 Å². The van der Waals surface area contributed by atoms with Gasteiger partial charge in [0.15, 0.2) is 0 Å². The molecule has 1 aromatic rings. The van der Waals surface area contributed by atoms with Crippen LogP contribution < -0.4 is 5.73 Å². The number of nitrogens with two attached hydrogens (primary N) is 1. The zero-order valence-corrected chi connectivity index (χ0v) is 8.28. The third-order valence-electron chi connectivity index (χ3n) is 2.11. The van der Waals surface area contributed by atoms with E-state index in [1.54, 1.807) is 18.2 Å². The van der Waals surface area contributed by atoms with Gasteiger partial charge in [0.2, 0.25) is 5.90 Å². The van der Waals surface area contributed by atoms with Gasteiger partial charge in [-0.2, -0.15) is 0 Å². The van der Waals surface area contributed by atoms with Crippen LogP contribution in [0.4, 0.5) is 11.4 Å². The minimum atomic E-state index is 0.327. The molecule has 0 fully saturated rings. The van der Waals surface area contributed by atoms with Gasteiger partial charge < -0.3 is 10.5 Å². The van der Waals surface area contributed by atoms with Gasteiger partial charge in [-0.1, -0.05) is 0 Å². The number of nitrogens with zero attached hydrogens (tertiary/aromatic N) is 1. The molecule has 1 aromatic carbocycles. The molecule has 1 aliphatic heterocycles. The third-order valence-corrected chi connectivity index (χ3v) is 2.11. The number of aliphatic imine (C=N–C) groups is 1. The molecule has 1 heterocycles. The number of rotatable bonds is 1. The van der Waals surface area contributed by atoms with Crippen LogP contribution in [-0.2, 0) is 9.53 Å². The summed E-state index contributed by atoms with van der Waals surface area (Å²) in [6.45, 7) is 2.30. The summed E-state index contributed by atoms with van der Waals surface area (Å²) in [6.07, 6.45) is 0. The number of nitrogen functional groups attached to an aromatic ring is 1. The van der Waals surface area contributed by atoms with E-state index < -0.39 is 0 Å². The first kappa shape index (κ1) is 9.49. The molecule has 0 aliphatic carbocycles. The number of hydrogen-bond acceptors (Lipinski definition) is 4. The second-order valence-corrected chi connectivity index (χ2v) is 3.10. The van der Waals surface area contributed by atoms with Gasteiger partial charge in [0.25, 0.3) is 0 Å². The van der Waals surface area contributed by atoms with E-state index in [1.807, 2.05) is 12.9 Å². The minimum absolute atomic E-state index is 0.327. The molecule has 4 nitrogen and oxygen atoms in total. The first-order valence-corrected chi connectivity index (χ1v) is 4.63. The summed E-state index contributed by atoms with van der Waals surface area (Å²) >= 11 is 0. The lowest BCUT2D eigenvalue weighted by atomic mass is 10.1. The Morgan fingerprint density at radius 1 is 1.53 bits per heavy atom. The number of carbonyl (C=O) groups excluding carboxylic acids is 1. The van der Waals surface area contributed by atoms with Crippen molar-refractivity contribution in [3.63, 3.8) is 0 Å². The smallest absolute Gasteiger partial charge is 0.233 e. The zero-order valence-electron chi connectivity index (χ0n) is 8.28. The number of ether oxygens (including phenoxy) is 1. The molecule has 76 valence electrons. The highest BCUT2D eigenvalue weighted by atomic mass is 16.5. The summed E-state index contributed by atoms with van der Waals surface area (Å²) in [6, 6.07) is 5.18. The lowest BCUT2D eigenvalue weighted by Gasteiger charge is -2.00. The van der Waals surface area contributed by atoms with Gasteiger partial charge in [-0.25, -0.2) is 9.79 Å². The molecule has 0 spiro atoms. The van der Waals surface area contributed by atoms with Crippen molar-refractivity contribution in [2.75, 3.05) is 12.3 Å². The highest BCUT2D eigenvalue weighted by molar-refractivity contribution is 6.32. The first-order valence-electron chi connectivity index (χ1n) is 4.63. The van der Waals surface area contributed by atoms with Crippen molar-refractivity contribution < 1.29 is 9.53 Å². The standard InChI is InChI=1S/C11H10N2O2/c1-2-15-11-9(6-14)8-4-3-7(12)5-10(8)13-11/h3-5H,2,12H2,1H3. The van der Waals surface area contributed by atoms with Crippen molar-refractivity contribution in [3.05, 3.63) is 23.8 Å². The van der Waals surface area contributed by atoms with E-state index in [0.717, 1.165) is 5.56 Å². The van der Waals surface area contributed by atoms with E-state index in [1.165, 1.54) is 0 Å². The van der Waals surface area contributed by atoms with E-state index in [2.05, 4.69) is 4.99 Å². The predicted octanol–water partition coefficient (Wildman–Crippen LogP) is 1.56. The largest absolute Gasteiger partial charge is 0.477 e. The van der Waals surface area contributed by atoms with Crippen molar-refractivity contribution >= 4 is 28.8 Å². The first-order chi connectivity index (χ1) is 7.26. The molecule has 0 saturated carbocycles. The maximum atomic E-state index is 10.8. The Hall–Kier alpha value is -2.06. The van der Waals surface area contributed by atoms with Crippen molar-refractivity contribution in [2.24, 2.45) is 4.99 Å². The molecule has 4 heteroatoms. The van der Waals surface area contributed by atoms with E-state index >= 15 is 0 Å². The molecule has 15 heavy (non-hydrogen) atoms. The summed E-state index contributed by atoms with van der Waals surface area (Å²) in [5.41, 5.74) is 7.99. The van der Waals surface area contributed by atoms with Crippen molar-refractivity contribution in [1.29, 1.82) is 0 Å². The zero-order chi connectivity index (χ0) is 10.8. The molecule has 0 radical (unpaired) electrons. The summed E-state index contributed by atoms with van der Waals surface area (Å²) in [5.74, 6) is 2.17. The van der Waals surface area contributed by atoms with Crippen molar-refractivity contribution in [2.45, 2.75) is 6.92 Å². The lowest BCUT2D eigenvalue weighted by Crippen LogP contribution is -2.03. The summed E-state index contributed by atoms with van der Waals surface area (Å²) < 4.78 is 5.24. The highest BCUT2D eigenvalue weighted by Gasteiger charge is 2.23. The molecule has 2 rings (SSSR count). The monoisotopic (exact) mass is 202 g/mol. The Morgan fingerprint density at radius 3 is 3.00 bits per heavy atom. The maximum absolute atomic E-state index is 10.8. The van der Waals surface area contributed by atoms with Crippen LogP contribution in [0.5, 0.6) is 0 Å². The number of anilines is 1. The molecule has 1 aliphatic rings. The number of benzene rings is 1. The minimum Gasteiger partial charge on any atom is -0.477 e. The van der Waals surface area contributed by atoms with Crippen LogP contribution in [0.3, 0.4) is 0 Å². The van der Waals surface area contributed by atoms with Crippen molar-refractivity contribution in [3.8, 4) is 0 Å². The number of fused-ring (bicyclic) bond motifs is 1. The van der Waals surface area contributed by atoms with Gasteiger partial charge in [-0.05, 0) is 25.1 Å².